The Bertz CT molecular complexity index is 1280. The minimum atomic E-state index is -1.11. The number of likely N-dealkylation sites (tertiary alicyclic amines) is 1. The molecule has 13 heteroatoms. The number of nitrogens with one attached hydrogen (secondary N) is 4. The summed E-state index contributed by atoms with van der Waals surface area (Å²) in [6, 6.07) is 3.92. The van der Waals surface area contributed by atoms with Crippen LogP contribution in [-0.2, 0) is 25.7 Å². The molecule has 2 fully saturated rings. The van der Waals surface area contributed by atoms with E-state index in [-0.39, 0.29) is 35.6 Å². The van der Waals surface area contributed by atoms with E-state index < -0.39 is 47.2 Å². The Kier molecular flexibility index (Phi) is 12.7. The molecule has 1 aliphatic carbocycles. The second kappa shape index (κ2) is 15.6. The molecule has 0 spiro atoms. The number of carbonyl (C=O) groups is 5. The fourth-order valence-corrected chi connectivity index (χ4v) is 6.34. The molecule has 0 radical (unpaired) electrons. The number of amides is 5. The molecule has 1 heterocycles. The summed E-state index contributed by atoms with van der Waals surface area (Å²) in [6.45, 7) is 14.9. The first-order valence-corrected chi connectivity index (χ1v) is 16.9. The fourth-order valence-electron chi connectivity index (χ4n) is 5.94. The molecule has 6 atom stereocenters. The van der Waals surface area contributed by atoms with Gasteiger partial charge in [0.1, 0.15) is 12.1 Å². The smallest absolute Gasteiger partial charge is 0.315 e. The zero-order chi connectivity index (χ0) is 34.4. The number of carbonyl (C=O) groups excluding carboxylic acids is 5. The van der Waals surface area contributed by atoms with E-state index in [0.717, 1.165) is 23.3 Å². The van der Waals surface area contributed by atoms with Crippen molar-refractivity contribution in [3.63, 3.8) is 0 Å². The molecule has 0 bridgehead atoms. The fraction of sp³-hybridized carbons (Fsp3) is 0.667. The lowest BCUT2D eigenvalue weighted by molar-refractivity contribution is -0.144. The summed E-state index contributed by atoms with van der Waals surface area (Å²) in [5, 5.41) is 12.0. The second-order valence-electron chi connectivity index (χ2n) is 14.7. The van der Waals surface area contributed by atoms with Crippen molar-refractivity contribution >= 4 is 41.6 Å². The standard InChI is InChI=1S/C33H52N6O6S/c1-8-9-13-22(26(40)28(34)41)36-29(42)25-21-15-20(21)18-39(25)30(43)27(33(5,6)7)38-31(44)37-24(32(2,3)4)17-35-16-19-12-10-11-14-23(19)46-45/h10-12,14,20-22,24-25,27,35,45H,8-9,13,15-18H2,1-7H3,(H2,34,41)(H,36,42)(H2,37,38,44)/t20-,21-,22?,24+,25-,27+/m0/s1. The lowest BCUT2D eigenvalue weighted by Gasteiger charge is -2.38. The summed E-state index contributed by atoms with van der Waals surface area (Å²) in [5.41, 5.74) is 5.17. The highest BCUT2D eigenvalue weighted by molar-refractivity contribution is 7.93. The summed E-state index contributed by atoms with van der Waals surface area (Å²) in [7, 11) is 0. The quantitative estimate of drug-likeness (QED) is 0.123. The first-order chi connectivity index (χ1) is 21.5. The number of hydrogen-bond acceptors (Lipinski definition) is 8. The molecule has 46 heavy (non-hydrogen) atoms. The molecule has 256 valence electrons. The molecule has 1 unspecified atom stereocenters. The van der Waals surface area contributed by atoms with Crippen molar-refractivity contribution in [2.45, 2.75) is 110 Å². The Morgan fingerprint density at radius 3 is 2.28 bits per heavy atom. The van der Waals surface area contributed by atoms with Crippen LogP contribution in [-0.4, -0.2) is 76.2 Å². The van der Waals surface area contributed by atoms with Crippen molar-refractivity contribution in [1.82, 2.24) is 26.2 Å². The Morgan fingerprint density at radius 1 is 1.02 bits per heavy atom. The van der Waals surface area contributed by atoms with Crippen LogP contribution in [0.5, 0.6) is 0 Å². The van der Waals surface area contributed by atoms with Crippen molar-refractivity contribution in [3.8, 4) is 0 Å². The Balaban J connectivity index is 1.71. The number of Topliss-reactive ketones (excluding diaryl/α,β-unsaturated/α-hetero) is 1. The van der Waals surface area contributed by atoms with E-state index in [1.807, 2.05) is 72.7 Å². The van der Waals surface area contributed by atoms with Crippen LogP contribution in [0.3, 0.4) is 0 Å². The number of urea groups is 1. The maximum atomic E-state index is 14.1. The molecular weight excluding hydrogens is 608 g/mol. The van der Waals surface area contributed by atoms with Gasteiger partial charge in [-0.2, -0.15) is 0 Å². The maximum absolute atomic E-state index is 14.1. The van der Waals surface area contributed by atoms with Gasteiger partial charge in [-0.3, -0.25) is 19.2 Å². The molecule has 7 N–H and O–H groups in total. The van der Waals surface area contributed by atoms with E-state index in [1.54, 1.807) is 0 Å². The van der Waals surface area contributed by atoms with Crippen LogP contribution >= 0.6 is 12.0 Å². The predicted molar refractivity (Wildman–Crippen MR) is 178 cm³/mol. The molecule has 3 rings (SSSR count). The number of nitrogens with zero attached hydrogens (tertiary/aromatic N) is 1. The highest BCUT2D eigenvalue weighted by atomic mass is 32.2. The van der Waals surface area contributed by atoms with Gasteiger partial charge < -0.3 is 36.5 Å². The van der Waals surface area contributed by atoms with Crippen molar-refractivity contribution in [2.24, 2.45) is 28.4 Å². The lowest BCUT2D eigenvalue weighted by Crippen LogP contribution is -2.62. The van der Waals surface area contributed by atoms with Gasteiger partial charge in [-0.05, 0) is 47.1 Å². The van der Waals surface area contributed by atoms with Crippen LogP contribution in [0.4, 0.5) is 4.79 Å². The zero-order valence-corrected chi connectivity index (χ0v) is 29.0. The third kappa shape index (κ3) is 9.68. The van der Waals surface area contributed by atoms with Gasteiger partial charge in [-0.25, -0.2) is 4.79 Å². The van der Waals surface area contributed by atoms with E-state index in [2.05, 4.69) is 21.3 Å². The summed E-state index contributed by atoms with van der Waals surface area (Å²) in [4.78, 5) is 67.5. The van der Waals surface area contributed by atoms with Gasteiger partial charge in [-0.15, -0.1) is 0 Å². The molecule has 0 aromatic heterocycles. The largest absolute Gasteiger partial charge is 0.363 e. The Morgan fingerprint density at radius 2 is 1.70 bits per heavy atom. The SMILES string of the molecule is CCCCC(NC(=O)[C@@H]1[C@H]2C[C@H]2CN1C(=O)[C@@H](NC(=O)N[C@H](CNCc1ccccc1SO)C(C)(C)C)C(C)(C)C)C(=O)C(N)=O. The third-order valence-corrected chi connectivity index (χ3v) is 9.49. The second-order valence-corrected chi connectivity index (χ2v) is 15.3. The van der Waals surface area contributed by atoms with E-state index in [0.29, 0.717) is 38.1 Å². The summed E-state index contributed by atoms with van der Waals surface area (Å²) in [6.07, 6.45) is 2.46. The molecule has 5 amide bonds. The number of primary amides is 1. The van der Waals surface area contributed by atoms with Crippen LogP contribution in [0.2, 0.25) is 0 Å². The molecule has 1 aromatic carbocycles. The van der Waals surface area contributed by atoms with Crippen molar-refractivity contribution < 1.29 is 28.5 Å². The average molecular weight is 661 g/mol. The van der Waals surface area contributed by atoms with E-state index >= 15 is 0 Å². The zero-order valence-electron chi connectivity index (χ0n) is 28.1. The van der Waals surface area contributed by atoms with Gasteiger partial charge in [0.05, 0.1) is 6.04 Å². The molecule has 1 aromatic rings. The number of nitrogens with two attached hydrogens (primary N) is 1. The number of unbranched alkanes of at least 4 members (excludes halogenated alkanes) is 1. The number of benzene rings is 1. The van der Waals surface area contributed by atoms with Gasteiger partial charge in [-0.1, -0.05) is 79.5 Å². The van der Waals surface area contributed by atoms with Crippen molar-refractivity contribution in [3.05, 3.63) is 29.8 Å². The van der Waals surface area contributed by atoms with Crippen LogP contribution < -0.4 is 27.0 Å². The van der Waals surface area contributed by atoms with Crippen LogP contribution in [0.15, 0.2) is 29.2 Å². The Labute approximate surface area is 277 Å². The molecule has 1 saturated carbocycles. The van der Waals surface area contributed by atoms with Crippen LogP contribution in [0.25, 0.3) is 0 Å². The van der Waals surface area contributed by atoms with E-state index in [1.165, 1.54) is 4.90 Å². The van der Waals surface area contributed by atoms with Gasteiger partial charge in [0.2, 0.25) is 17.6 Å². The number of ketones is 1. The van der Waals surface area contributed by atoms with Crippen molar-refractivity contribution in [1.29, 1.82) is 0 Å². The molecule has 1 aliphatic heterocycles. The van der Waals surface area contributed by atoms with E-state index in [4.69, 9.17) is 5.73 Å². The molecule has 12 nitrogen and oxygen atoms in total. The number of hydrogen-bond donors (Lipinski definition) is 6. The van der Waals surface area contributed by atoms with Gasteiger partial charge in [0, 0.05) is 42.6 Å². The summed E-state index contributed by atoms with van der Waals surface area (Å²) < 4.78 is 9.56. The number of piperidine rings is 1. The first-order valence-electron chi connectivity index (χ1n) is 16.1. The average Bonchev–Trinajstić information content (AvgIpc) is 3.64. The minimum absolute atomic E-state index is 0.0420. The third-order valence-electron chi connectivity index (χ3n) is 8.90. The minimum Gasteiger partial charge on any atom is -0.363 e. The van der Waals surface area contributed by atoms with Crippen LogP contribution in [0.1, 0.15) is 79.7 Å². The van der Waals surface area contributed by atoms with Crippen molar-refractivity contribution in [2.75, 3.05) is 13.1 Å². The normalized spacial score (nSPS) is 21.0. The van der Waals surface area contributed by atoms with Gasteiger partial charge >= 0.3 is 6.03 Å². The predicted octanol–water partition coefficient (Wildman–Crippen LogP) is 3.05. The summed E-state index contributed by atoms with van der Waals surface area (Å²) in [5.74, 6) is -2.68. The summed E-state index contributed by atoms with van der Waals surface area (Å²) >= 11 is 0.691. The Hall–Kier alpha value is -3.16. The highest BCUT2D eigenvalue weighted by Crippen LogP contribution is 2.50. The first kappa shape index (κ1) is 37.3. The maximum Gasteiger partial charge on any atom is 0.315 e. The molecular formula is C33H52N6O6S. The number of rotatable bonds is 15. The van der Waals surface area contributed by atoms with E-state index in [9.17, 15) is 28.5 Å². The van der Waals surface area contributed by atoms with Gasteiger partial charge in [0.15, 0.2) is 0 Å². The lowest BCUT2D eigenvalue weighted by atomic mass is 9.85. The molecule has 2 aliphatic rings. The monoisotopic (exact) mass is 660 g/mol. The highest BCUT2D eigenvalue weighted by Gasteiger charge is 2.58. The topological polar surface area (TPSA) is 183 Å². The van der Waals surface area contributed by atoms with Gasteiger partial charge in [0.25, 0.3) is 5.91 Å². The number of fused-ring (bicyclic) bond motifs is 1. The molecule has 1 saturated heterocycles. The van der Waals surface area contributed by atoms with Crippen LogP contribution in [0, 0.1) is 22.7 Å².